The van der Waals surface area contributed by atoms with Gasteiger partial charge in [0.25, 0.3) is 0 Å². The maximum absolute atomic E-state index is 6.17. The van der Waals surface area contributed by atoms with Crippen molar-refractivity contribution in [3.63, 3.8) is 0 Å². The van der Waals surface area contributed by atoms with Gasteiger partial charge in [0.1, 0.15) is 0 Å². The molecule has 2 N–H and O–H groups in total. The van der Waals surface area contributed by atoms with Crippen LogP contribution in [0.5, 0.6) is 0 Å². The molecule has 1 aromatic heterocycles. The van der Waals surface area contributed by atoms with E-state index in [1.807, 2.05) is 0 Å². The van der Waals surface area contributed by atoms with E-state index in [2.05, 4.69) is 40.7 Å². The van der Waals surface area contributed by atoms with E-state index in [4.69, 9.17) is 10.3 Å². The Morgan fingerprint density at radius 1 is 1.26 bits per heavy atom. The van der Waals surface area contributed by atoms with Crippen LogP contribution < -0.4 is 5.73 Å². The average Bonchev–Trinajstić information content (AvgIpc) is 2.87. The molecule has 2 bridgehead atoms. The fraction of sp³-hybridized carbons (Fsp3) is 0.846. The summed E-state index contributed by atoms with van der Waals surface area (Å²) in [6.07, 6.45) is 0. The summed E-state index contributed by atoms with van der Waals surface area (Å²) in [5.74, 6) is 1.35. The molecule has 2 atom stereocenters. The minimum atomic E-state index is -0.218. The van der Waals surface area contributed by atoms with Crippen molar-refractivity contribution in [2.75, 3.05) is 32.7 Å². The minimum absolute atomic E-state index is 0.0703. The van der Waals surface area contributed by atoms with Gasteiger partial charge < -0.3 is 10.3 Å². The molecule has 3 saturated heterocycles. The minimum Gasteiger partial charge on any atom is -0.338 e. The Balaban J connectivity index is 1.78. The smallest absolute Gasteiger partial charge is 0.244 e. The molecule has 4 rings (SSSR count). The normalized spacial score (nSPS) is 32.5. The molecule has 0 aromatic carbocycles. The molecule has 6 heteroatoms. The second kappa shape index (κ2) is 4.54. The molecule has 3 aliphatic heterocycles. The first-order valence-corrected chi connectivity index (χ1v) is 7.00. The third-order valence-electron chi connectivity index (χ3n) is 4.23. The summed E-state index contributed by atoms with van der Waals surface area (Å²) >= 11 is 0. The number of rotatable bonds is 2. The zero-order valence-corrected chi connectivity index (χ0v) is 12.0. The molecule has 2 unspecified atom stereocenters. The van der Waals surface area contributed by atoms with Crippen LogP contribution in [-0.4, -0.2) is 52.7 Å². The molecule has 3 fully saturated rings. The Kier molecular flexibility index (Phi) is 3.11. The molecule has 19 heavy (non-hydrogen) atoms. The molecule has 6 nitrogen and oxygen atoms in total. The number of fused-ring (bicyclic) bond motifs is 3. The van der Waals surface area contributed by atoms with Crippen molar-refractivity contribution >= 4 is 0 Å². The number of piperazine rings is 3. The van der Waals surface area contributed by atoms with Crippen LogP contribution in [-0.2, 0) is 0 Å². The summed E-state index contributed by atoms with van der Waals surface area (Å²) in [6, 6.07) is 0.0528. The molecular weight excluding hydrogens is 242 g/mol. The fourth-order valence-corrected chi connectivity index (χ4v) is 2.74. The lowest BCUT2D eigenvalue weighted by Gasteiger charge is -2.46. The molecule has 0 spiro atoms. The van der Waals surface area contributed by atoms with Crippen molar-refractivity contribution in [1.29, 1.82) is 0 Å². The topological polar surface area (TPSA) is 71.4 Å². The Morgan fingerprint density at radius 2 is 1.95 bits per heavy atom. The summed E-state index contributed by atoms with van der Waals surface area (Å²) in [7, 11) is 0. The lowest BCUT2D eigenvalue weighted by molar-refractivity contribution is 0.00781. The monoisotopic (exact) mass is 265 g/mol. The number of nitrogens with zero attached hydrogens (tertiary/aromatic N) is 4. The van der Waals surface area contributed by atoms with Crippen molar-refractivity contribution in [3.05, 3.63) is 11.7 Å². The highest BCUT2D eigenvalue weighted by Crippen LogP contribution is 2.32. The maximum atomic E-state index is 6.17. The number of hydrogen-bond acceptors (Lipinski definition) is 6. The number of nitrogens with two attached hydrogens (primary N) is 1. The van der Waals surface area contributed by atoms with E-state index in [0.717, 1.165) is 38.5 Å². The average molecular weight is 265 g/mol. The Morgan fingerprint density at radius 3 is 2.47 bits per heavy atom. The van der Waals surface area contributed by atoms with E-state index in [1.54, 1.807) is 0 Å². The van der Waals surface area contributed by atoms with Gasteiger partial charge in [-0.1, -0.05) is 25.9 Å². The summed E-state index contributed by atoms with van der Waals surface area (Å²) in [6.45, 7) is 11.8. The van der Waals surface area contributed by atoms with Crippen molar-refractivity contribution < 1.29 is 4.52 Å². The maximum Gasteiger partial charge on any atom is 0.244 e. The summed E-state index contributed by atoms with van der Waals surface area (Å²) in [5.41, 5.74) is 6.10. The zero-order chi connectivity index (χ0) is 13.6. The highest BCUT2D eigenvalue weighted by atomic mass is 16.5. The lowest BCUT2D eigenvalue weighted by Crippen LogP contribution is -2.57. The third kappa shape index (κ3) is 2.40. The quantitative estimate of drug-likeness (QED) is 0.852. The van der Waals surface area contributed by atoms with Crippen LogP contribution in [0.25, 0.3) is 0 Å². The van der Waals surface area contributed by atoms with Gasteiger partial charge in [-0.25, -0.2) is 0 Å². The first-order valence-electron chi connectivity index (χ1n) is 7.00. The third-order valence-corrected chi connectivity index (χ3v) is 4.23. The first kappa shape index (κ1) is 13.0. The zero-order valence-electron chi connectivity index (χ0n) is 12.0. The standard InChI is InChI=1S/C13H23N5O/c1-13(2,3)10(14)12-15-11(16-19-12)9-8-17-4-6-18(9)7-5-17/h9-10H,4-8,14H2,1-3H3. The molecule has 0 aliphatic carbocycles. The van der Waals surface area contributed by atoms with Crippen LogP contribution in [0, 0.1) is 5.41 Å². The number of hydrogen-bond donors (Lipinski definition) is 1. The Bertz CT molecular complexity index is 444. The van der Waals surface area contributed by atoms with Crippen molar-refractivity contribution in [3.8, 4) is 0 Å². The van der Waals surface area contributed by atoms with Crippen LogP contribution in [0.3, 0.4) is 0 Å². The molecular formula is C13H23N5O. The number of aromatic nitrogens is 2. The van der Waals surface area contributed by atoms with Crippen molar-refractivity contribution in [2.45, 2.75) is 32.9 Å². The molecule has 0 saturated carbocycles. The van der Waals surface area contributed by atoms with Crippen LogP contribution in [0.2, 0.25) is 0 Å². The first-order chi connectivity index (χ1) is 8.95. The second-order valence-corrected chi connectivity index (χ2v) is 6.69. The van der Waals surface area contributed by atoms with Gasteiger partial charge in [0, 0.05) is 32.7 Å². The van der Waals surface area contributed by atoms with Gasteiger partial charge in [0.05, 0.1) is 12.1 Å². The van der Waals surface area contributed by atoms with Crippen LogP contribution in [0.4, 0.5) is 0 Å². The van der Waals surface area contributed by atoms with Gasteiger partial charge in [-0.15, -0.1) is 0 Å². The van der Waals surface area contributed by atoms with E-state index >= 15 is 0 Å². The van der Waals surface area contributed by atoms with Gasteiger partial charge in [-0.2, -0.15) is 4.98 Å². The van der Waals surface area contributed by atoms with Crippen LogP contribution >= 0.6 is 0 Å². The predicted octanol–water partition coefficient (Wildman–Crippen LogP) is 0.788. The predicted molar refractivity (Wildman–Crippen MR) is 71.4 cm³/mol. The molecule has 0 radical (unpaired) electrons. The SMILES string of the molecule is CC(C)(C)C(N)c1nc(C2CN3CCN2CC3)no1. The summed E-state index contributed by atoms with van der Waals surface area (Å²) in [4.78, 5) is 9.45. The van der Waals surface area contributed by atoms with E-state index < -0.39 is 0 Å². The fourth-order valence-electron chi connectivity index (χ4n) is 2.74. The van der Waals surface area contributed by atoms with Crippen molar-refractivity contribution in [1.82, 2.24) is 19.9 Å². The molecule has 106 valence electrons. The van der Waals surface area contributed by atoms with Gasteiger partial charge >= 0.3 is 0 Å². The van der Waals surface area contributed by atoms with Crippen LogP contribution in [0.1, 0.15) is 44.6 Å². The molecule has 4 heterocycles. The molecule has 0 amide bonds. The van der Waals surface area contributed by atoms with Crippen LogP contribution in [0.15, 0.2) is 4.52 Å². The van der Waals surface area contributed by atoms with E-state index in [9.17, 15) is 0 Å². The summed E-state index contributed by atoms with van der Waals surface area (Å²) < 4.78 is 5.38. The highest BCUT2D eigenvalue weighted by Gasteiger charge is 2.36. The Hall–Kier alpha value is -0.980. The Labute approximate surface area is 113 Å². The van der Waals surface area contributed by atoms with Gasteiger partial charge in [0.15, 0.2) is 5.82 Å². The van der Waals surface area contributed by atoms with Gasteiger partial charge in [-0.05, 0) is 5.41 Å². The highest BCUT2D eigenvalue weighted by molar-refractivity contribution is 5.04. The lowest BCUT2D eigenvalue weighted by atomic mass is 9.87. The largest absolute Gasteiger partial charge is 0.338 e. The van der Waals surface area contributed by atoms with Gasteiger partial charge in [0.2, 0.25) is 5.89 Å². The van der Waals surface area contributed by atoms with Gasteiger partial charge in [-0.3, -0.25) is 9.80 Å². The molecule has 3 aliphatic rings. The van der Waals surface area contributed by atoms with E-state index in [1.165, 1.54) is 0 Å². The van der Waals surface area contributed by atoms with Crippen molar-refractivity contribution in [2.24, 2.45) is 11.1 Å². The van der Waals surface area contributed by atoms with E-state index in [0.29, 0.717) is 5.89 Å². The second-order valence-electron chi connectivity index (χ2n) is 6.69. The molecule has 1 aromatic rings. The van der Waals surface area contributed by atoms with E-state index in [-0.39, 0.29) is 17.5 Å². The summed E-state index contributed by atoms with van der Waals surface area (Å²) in [5, 5.41) is 4.16.